The summed E-state index contributed by atoms with van der Waals surface area (Å²) in [6, 6.07) is 16.3. The van der Waals surface area contributed by atoms with Crippen molar-refractivity contribution in [3.63, 3.8) is 0 Å². The zero-order valence-electron chi connectivity index (χ0n) is 13.6. The van der Waals surface area contributed by atoms with Gasteiger partial charge in [0.1, 0.15) is 6.04 Å². The van der Waals surface area contributed by atoms with Gasteiger partial charge in [-0.15, -0.1) is 0 Å². The fraction of sp³-hybridized carbons (Fsp3) is 0.222. The molecule has 2 aromatic carbocycles. The number of amides is 3. The Bertz CT molecular complexity index is 689. The highest BCUT2D eigenvalue weighted by atomic mass is 79.9. The summed E-state index contributed by atoms with van der Waals surface area (Å²) in [7, 11) is 3.34. The van der Waals surface area contributed by atoms with Crippen molar-refractivity contribution < 1.29 is 9.59 Å². The van der Waals surface area contributed by atoms with Crippen LogP contribution in [0, 0.1) is 0 Å². The lowest BCUT2D eigenvalue weighted by molar-refractivity contribution is -0.125. The lowest BCUT2D eigenvalue weighted by Crippen LogP contribution is -2.44. The molecule has 0 unspecified atom stereocenters. The minimum atomic E-state index is -0.563. The lowest BCUT2D eigenvalue weighted by Gasteiger charge is -2.27. The first-order chi connectivity index (χ1) is 11.5. The second-order valence-corrected chi connectivity index (χ2v) is 6.34. The van der Waals surface area contributed by atoms with Gasteiger partial charge in [0, 0.05) is 18.1 Å². The van der Waals surface area contributed by atoms with Crippen molar-refractivity contribution in [2.24, 2.45) is 0 Å². The van der Waals surface area contributed by atoms with Gasteiger partial charge in [-0.25, -0.2) is 4.79 Å². The van der Waals surface area contributed by atoms with E-state index in [4.69, 9.17) is 0 Å². The molecule has 0 saturated heterocycles. The van der Waals surface area contributed by atoms with E-state index in [1.54, 1.807) is 0 Å². The van der Waals surface area contributed by atoms with E-state index in [0.717, 1.165) is 15.6 Å². The quantitative estimate of drug-likeness (QED) is 0.825. The number of hydrogen-bond acceptors (Lipinski definition) is 3. The van der Waals surface area contributed by atoms with Crippen molar-refractivity contribution in [2.75, 3.05) is 14.1 Å². The van der Waals surface area contributed by atoms with Crippen LogP contribution >= 0.6 is 15.9 Å². The van der Waals surface area contributed by atoms with Gasteiger partial charge in [0.15, 0.2) is 0 Å². The molecular formula is C18H20BrN3O2. The Balaban J connectivity index is 2.22. The van der Waals surface area contributed by atoms with Crippen LogP contribution in [-0.2, 0) is 11.3 Å². The van der Waals surface area contributed by atoms with Crippen LogP contribution in [-0.4, -0.2) is 30.9 Å². The van der Waals surface area contributed by atoms with E-state index >= 15 is 0 Å². The number of benzene rings is 2. The first-order valence-corrected chi connectivity index (χ1v) is 8.32. The molecule has 0 bridgehead atoms. The zero-order valence-corrected chi connectivity index (χ0v) is 15.2. The van der Waals surface area contributed by atoms with Crippen molar-refractivity contribution in [3.8, 4) is 0 Å². The summed E-state index contributed by atoms with van der Waals surface area (Å²) in [6.45, 7) is 0.577. The lowest BCUT2D eigenvalue weighted by atomic mass is 10.0. The van der Waals surface area contributed by atoms with Gasteiger partial charge in [-0.05, 0) is 30.3 Å². The Labute approximate surface area is 150 Å². The average molecular weight is 390 g/mol. The molecule has 0 radical (unpaired) electrons. The number of imide groups is 1. The van der Waals surface area contributed by atoms with Crippen molar-refractivity contribution in [3.05, 3.63) is 70.2 Å². The summed E-state index contributed by atoms with van der Waals surface area (Å²) in [6.07, 6.45) is 0. The van der Waals surface area contributed by atoms with Crippen LogP contribution < -0.4 is 10.6 Å². The van der Waals surface area contributed by atoms with E-state index in [2.05, 4.69) is 26.6 Å². The molecule has 0 saturated carbocycles. The number of nitrogens with zero attached hydrogens (tertiary/aromatic N) is 1. The molecule has 6 heteroatoms. The van der Waals surface area contributed by atoms with Gasteiger partial charge in [-0.2, -0.15) is 0 Å². The van der Waals surface area contributed by atoms with Gasteiger partial charge in [0.2, 0.25) is 5.91 Å². The molecule has 0 fully saturated rings. The Morgan fingerprint density at radius 3 is 2.29 bits per heavy atom. The van der Waals surface area contributed by atoms with Gasteiger partial charge >= 0.3 is 6.03 Å². The molecule has 5 nitrogen and oxygen atoms in total. The monoisotopic (exact) mass is 389 g/mol. The predicted molar refractivity (Wildman–Crippen MR) is 97.4 cm³/mol. The zero-order chi connectivity index (χ0) is 17.5. The molecular weight excluding hydrogens is 370 g/mol. The number of carbonyl (C=O) groups excluding carboxylic acids is 2. The fourth-order valence-corrected chi connectivity index (χ4v) is 2.72. The number of hydrogen-bond donors (Lipinski definition) is 2. The molecule has 2 aromatic rings. The van der Waals surface area contributed by atoms with Crippen LogP contribution in [0.3, 0.4) is 0 Å². The third-order valence-corrected chi connectivity index (χ3v) is 4.14. The van der Waals surface area contributed by atoms with E-state index in [1.165, 1.54) is 7.05 Å². The highest BCUT2D eigenvalue weighted by molar-refractivity contribution is 9.10. The number of likely N-dealkylation sites (N-methyl/N-ethyl adjacent to an activating group) is 1. The molecule has 0 aromatic heterocycles. The maximum Gasteiger partial charge on any atom is 0.321 e. The number of urea groups is 1. The highest BCUT2D eigenvalue weighted by Crippen LogP contribution is 2.22. The van der Waals surface area contributed by atoms with Crippen molar-refractivity contribution in [1.29, 1.82) is 0 Å². The van der Waals surface area contributed by atoms with Gasteiger partial charge in [0.25, 0.3) is 0 Å². The first kappa shape index (κ1) is 18.2. The van der Waals surface area contributed by atoms with E-state index < -0.39 is 12.1 Å². The summed E-state index contributed by atoms with van der Waals surface area (Å²) < 4.78 is 1.01. The molecule has 1 atom stereocenters. The fourth-order valence-electron chi connectivity index (χ4n) is 2.45. The van der Waals surface area contributed by atoms with Crippen molar-refractivity contribution in [2.45, 2.75) is 12.6 Å². The Hall–Kier alpha value is -2.18. The SMILES string of the molecule is CNC(=O)NC(=O)[C@H](c1ccccc1)N(C)Cc1ccc(Br)cc1. The topological polar surface area (TPSA) is 61.4 Å². The molecule has 0 heterocycles. The van der Waals surface area contributed by atoms with Gasteiger partial charge < -0.3 is 5.32 Å². The normalized spacial score (nSPS) is 11.8. The third-order valence-electron chi connectivity index (χ3n) is 3.61. The Kier molecular flexibility index (Phi) is 6.52. The average Bonchev–Trinajstić information content (AvgIpc) is 2.58. The second kappa shape index (κ2) is 8.61. The van der Waals surface area contributed by atoms with Crippen LogP contribution in [0.4, 0.5) is 4.79 Å². The molecule has 0 aliphatic rings. The van der Waals surface area contributed by atoms with Crippen LogP contribution in [0.25, 0.3) is 0 Å². The molecule has 0 spiro atoms. The van der Waals surface area contributed by atoms with Crippen LogP contribution in [0.5, 0.6) is 0 Å². The maximum atomic E-state index is 12.6. The molecule has 126 valence electrons. The number of halogens is 1. The summed E-state index contributed by atoms with van der Waals surface area (Å²) >= 11 is 3.41. The van der Waals surface area contributed by atoms with Crippen LogP contribution in [0.1, 0.15) is 17.2 Å². The Morgan fingerprint density at radius 1 is 1.08 bits per heavy atom. The number of carbonyl (C=O) groups is 2. The number of nitrogens with one attached hydrogen (secondary N) is 2. The van der Waals surface area contributed by atoms with E-state index in [-0.39, 0.29) is 5.91 Å². The van der Waals surface area contributed by atoms with Gasteiger partial charge in [-0.3, -0.25) is 15.0 Å². The highest BCUT2D eigenvalue weighted by Gasteiger charge is 2.26. The predicted octanol–water partition coefficient (Wildman–Crippen LogP) is 3.08. The minimum Gasteiger partial charge on any atom is -0.341 e. The molecule has 2 rings (SSSR count). The van der Waals surface area contributed by atoms with E-state index in [0.29, 0.717) is 6.54 Å². The molecule has 0 aliphatic heterocycles. The van der Waals surface area contributed by atoms with Crippen molar-refractivity contribution in [1.82, 2.24) is 15.5 Å². The second-order valence-electron chi connectivity index (χ2n) is 5.42. The Morgan fingerprint density at radius 2 is 1.71 bits per heavy atom. The van der Waals surface area contributed by atoms with Gasteiger partial charge in [-0.1, -0.05) is 58.4 Å². The standard InChI is InChI=1S/C18H20BrN3O2/c1-20-18(24)21-17(23)16(14-6-4-3-5-7-14)22(2)12-13-8-10-15(19)11-9-13/h3-11,16H,12H2,1-2H3,(H2,20,21,23,24)/t16-/m0/s1. The maximum absolute atomic E-state index is 12.6. The largest absolute Gasteiger partial charge is 0.341 e. The smallest absolute Gasteiger partial charge is 0.321 e. The molecule has 24 heavy (non-hydrogen) atoms. The minimum absolute atomic E-state index is 0.361. The molecule has 2 N–H and O–H groups in total. The van der Waals surface area contributed by atoms with E-state index in [1.807, 2.05) is 66.5 Å². The van der Waals surface area contributed by atoms with Crippen LogP contribution in [0.2, 0.25) is 0 Å². The van der Waals surface area contributed by atoms with E-state index in [9.17, 15) is 9.59 Å². The summed E-state index contributed by atoms with van der Waals surface area (Å²) in [5, 5.41) is 4.77. The molecule has 0 aliphatic carbocycles. The summed E-state index contributed by atoms with van der Waals surface area (Å²) in [4.78, 5) is 26.0. The summed E-state index contributed by atoms with van der Waals surface area (Å²) in [5.74, 6) is -0.361. The van der Waals surface area contributed by atoms with Crippen molar-refractivity contribution >= 4 is 27.9 Å². The van der Waals surface area contributed by atoms with Gasteiger partial charge in [0.05, 0.1) is 0 Å². The summed E-state index contributed by atoms with van der Waals surface area (Å²) in [5.41, 5.74) is 1.91. The molecule has 3 amide bonds. The number of rotatable bonds is 5. The third kappa shape index (κ3) is 4.91. The first-order valence-electron chi connectivity index (χ1n) is 7.53. The van der Waals surface area contributed by atoms with Crippen LogP contribution in [0.15, 0.2) is 59.1 Å².